The molecule has 0 saturated carbocycles. The molecule has 7 heteroatoms. The highest BCUT2D eigenvalue weighted by Crippen LogP contribution is 2.27. The molecule has 7 nitrogen and oxygen atoms in total. The fraction of sp³-hybridized carbons (Fsp3) is 0.440. The minimum absolute atomic E-state index is 0.0563. The standard InChI is InChI=1S/C25H35N3O4/c1-7-18-8-11-20(12-9-18)26-25(30)27-23(17(2)3)24(29)28(4)15-14-19-10-13-21(31-5)22(16-19)32-6/h8-13,16-17,23H,7,14-15H2,1-6H3,(H2,26,27,30). The molecule has 0 aliphatic heterocycles. The van der Waals surface area contributed by atoms with Crippen LogP contribution in [-0.4, -0.2) is 50.7 Å². The van der Waals surface area contributed by atoms with Crippen molar-refractivity contribution in [2.24, 2.45) is 5.92 Å². The highest BCUT2D eigenvalue weighted by atomic mass is 16.5. The molecular formula is C25H35N3O4. The normalized spacial score (nSPS) is 11.6. The Morgan fingerprint density at radius 3 is 2.16 bits per heavy atom. The van der Waals surface area contributed by atoms with E-state index in [2.05, 4.69) is 17.6 Å². The zero-order chi connectivity index (χ0) is 23.7. The zero-order valence-electron chi connectivity index (χ0n) is 19.9. The van der Waals surface area contributed by atoms with E-state index in [1.54, 1.807) is 26.2 Å². The lowest BCUT2D eigenvalue weighted by Gasteiger charge is -2.27. The monoisotopic (exact) mass is 441 g/mol. The summed E-state index contributed by atoms with van der Waals surface area (Å²) in [7, 11) is 4.94. The van der Waals surface area contributed by atoms with Crippen LogP contribution in [0.15, 0.2) is 42.5 Å². The number of ether oxygens (including phenoxy) is 2. The van der Waals surface area contributed by atoms with Gasteiger partial charge in [0.05, 0.1) is 14.2 Å². The van der Waals surface area contributed by atoms with Crippen molar-refractivity contribution in [2.45, 2.75) is 39.7 Å². The number of benzene rings is 2. The second kappa shape index (κ2) is 12.0. The molecule has 0 radical (unpaired) electrons. The average molecular weight is 442 g/mol. The van der Waals surface area contributed by atoms with Crippen LogP contribution in [0.4, 0.5) is 10.5 Å². The molecule has 1 unspecified atom stereocenters. The van der Waals surface area contributed by atoms with Crippen molar-refractivity contribution >= 4 is 17.6 Å². The number of rotatable bonds is 10. The van der Waals surface area contributed by atoms with Gasteiger partial charge in [0.15, 0.2) is 11.5 Å². The van der Waals surface area contributed by atoms with Gasteiger partial charge in [0, 0.05) is 19.3 Å². The van der Waals surface area contributed by atoms with Crippen molar-refractivity contribution in [3.63, 3.8) is 0 Å². The van der Waals surface area contributed by atoms with Crippen LogP contribution in [0.2, 0.25) is 0 Å². The van der Waals surface area contributed by atoms with Crippen LogP contribution in [0, 0.1) is 5.92 Å². The molecule has 0 fully saturated rings. The van der Waals surface area contributed by atoms with Crippen LogP contribution in [0.5, 0.6) is 11.5 Å². The first-order valence-corrected chi connectivity index (χ1v) is 10.9. The fourth-order valence-corrected chi connectivity index (χ4v) is 3.33. The van der Waals surface area contributed by atoms with Crippen molar-refractivity contribution in [1.82, 2.24) is 10.2 Å². The third kappa shape index (κ3) is 6.90. The van der Waals surface area contributed by atoms with Crippen LogP contribution in [-0.2, 0) is 17.6 Å². The van der Waals surface area contributed by atoms with Crippen LogP contribution in [0.1, 0.15) is 31.9 Å². The minimum atomic E-state index is -0.625. The largest absolute Gasteiger partial charge is 0.493 e. The summed E-state index contributed by atoms with van der Waals surface area (Å²) in [5.74, 6) is 1.14. The van der Waals surface area contributed by atoms with Crippen LogP contribution in [0.25, 0.3) is 0 Å². The topological polar surface area (TPSA) is 79.9 Å². The number of carbonyl (C=O) groups excluding carboxylic acids is 2. The van der Waals surface area contributed by atoms with Crippen molar-refractivity contribution in [3.05, 3.63) is 53.6 Å². The lowest BCUT2D eigenvalue weighted by Crippen LogP contribution is -2.51. The molecule has 0 aromatic heterocycles. The number of likely N-dealkylation sites (N-methyl/N-ethyl adjacent to an activating group) is 1. The van der Waals surface area contributed by atoms with Gasteiger partial charge in [-0.15, -0.1) is 0 Å². The van der Waals surface area contributed by atoms with Gasteiger partial charge in [0.25, 0.3) is 0 Å². The van der Waals surface area contributed by atoms with Crippen molar-refractivity contribution in [1.29, 1.82) is 0 Å². The Bertz CT molecular complexity index is 897. The molecule has 2 aromatic carbocycles. The van der Waals surface area contributed by atoms with E-state index in [0.29, 0.717) is 30.2 Å². The van der Waals surface area contributed by atoms with Gasteiger partial charge in [-0.2, -0.15) is 0 Å². The molecule has 32 heavy (non-hydrogen) atoms. The summed E-state index contributed by atoms with van der Waals surface area (Å²) >= 11 is 0. The van der Waals surface area contributed by atoms with Crippen LogP contribution < -0.4 is 20.1 Å². The quantitative estimate of drug-likeness (QED) is 0.581. The number of amides is 3. The predicted molar refractivity (Wildman–Crippen MR) is 127 cm³/mol. The minimum Gasteiger partial charge on any atom is -0.493 e. The number of nitrogens with one attached hydrogen (secondary N) is 2. The average Bonchev–Trinajstić information content (AvgIpc) is 2.80. The van der Waals surface area contributed by atoms with E-state index in [1.807, 2.05) is 56.3 Å². The van der Waals surface area contributed by atoms with Gasteiger partial charge in [-0.25, -0.2) is 4.79 Å². The summed E-state index contributed by atoms with van der Waals surface area (Å²) in [6.45, 7) is 6.43. The third-order valence-electron chi connectivity index (χ3n) is 5.40. The number of aryl methyl sites for hydroxylation is 1. The number of hydrogen-bond donors (Lipinski definition) is 2. The van der Waals surface area contributed by atoms with E-state index in [9.17, 15) is 9.59 Å². The molecule has 0 saturated heterocycles. The molecule has 0 spiro atoms. The van der Waals surface area contributed by atoms with Gasteiger partial charge >= 0.3 is 6.03 Å². The van der Waals surface area contributed by atoms with Crippen molar-refractivity contribution in [2.75, 3.05) is 33.1 Å². The first-order valence-electron chi connectivity index (χ1n) is 10.9. The molecule has 2 aromatic rings. The van der Waals surface area contributed by atoms with Gasteiger partial charge in [-0.3, -0.25) is 4.79 Å². The van der Waals surface area contributed by atoms with E-state index in [0.717, 1.165) is 12.0 Å². The summed E-state index contributed by atoms with van der Waals surface area (Å²) in [6, 6.07) is 12.4. The molecule has 0 heterocycles. The smallest absolute Gasteiger partial charge is 0.319 e. The zero-order valence-corrected chi connectivity index (χ0v) is 19.9. The Kier molecular flexibility index (Phi) is 9.38. The van der Waals surface area contributed by atoms with E-state index < -0.39 is 12.1 Å². The summed E-state index contributed by atoms with van der Waals surface area (Å²) < 4.78 is 10.6. The molecule has 3 amide bonds. The second-order valence-electron chi connectivity index (χ2n) is 8.07. The van der Waals surface area contributed by atoms with Crippen LogP contribution >= 0.6 is 0 Å². The summed E-state index contributed by atoms with van der Waals surface area (Å²) in [6.07, 6.45) is 1.59. The molecule has 0 aliphatic carbocycles. The first kappa shape index (κ1) is 25.0. The van der Waals surface area contributed by atoms with Crippen molar-refractivity contribution < 1.29 is 19.1 Å². The highest BCUT2D eigenvalue weighted by Gasteiger charge is 2.27. The molecule has 174 valence electrons. The Morgan fingerprint density at radius 2 is 1.59 bits per heavy atom. The Balaban J connectivity index is 1.96. The summed E-state index contributed by atoms with van der Waals surface area (Å²) in [5, 5.41) is 5.64. The molecule has 2 N–H and O–H groups in total. The number of nitrogens with zero attached hydrogens (tertiary/aromatic N) is 1. The number of methoxy groups -OCH3 is 2. The SMILES string of the molecule is CCc1ccc(NC(=O)NC(C(=O)N(C)CCc2ccc(OC)c(OC)c2)C(C)C)cc1. The maximum atomic E-state index is 13.0. The van der Waals surface area contributed by atoms with Gasteiger partial charge in [-0.05, 0) is 54.2 Å². The Morgan fingerprint density at radius 1 is 0.969 bits per heavy atom. The first-order chi connectivity index (χ1) is 15.3. The molecular weight excluding hydrogens is 406 g/mol. The van der Waals surface area contributed by atoms with Crippen LogP contribution in [0.3, 0.4) is 0 Å². The fourth-order valence-electron chi connectivity index (χ4n) is 3.33. The molecule has 0 bridgehead atoms. The lowest BCUT2D eigenvalue weighted by atomic mass is 10.0. The molecule has 2 rings (SSSR count). The highest BCUT2D eigenvalue weighted by molar-refractivity contribution is 5.93. The lowest BCUT2D eigenvalue weighted by molar-refractivity contribution is -0.132. The maximum absolute atomic E-state index is 13.0. The third-order valence-corrected chi connectivity index (χ3v) is 5.40. The van der Waals surface area contributed by atoms with E-state index in [-0.39, 0.29) is 11.8 Å². The van der Waals surface area contributed by atoms with Gasteiger partial charge in [0.1, 0.15) is 6.04 Å². The second-order valence-corrected chi connectivity index (χ2v) is 8.07. The van der Waals surface area contributed by atoms with Crippen molar-refractivity contribution in [3.8, 4) is 11.5 Å². The maximum Gasteiger partial charge on any atom is 0.319 e. The van der Waals surface area contributed by atoms with E-state index in [1.165, 1.54) is 5.56 Å². The Hall–Kier alpha value is -3.22. The van der Waals surface area contributed by atoms with Gasteiger partial charge in [0.2, 0.25) is 5.91 Å². The van der Waals surface area contributed by atoms with Gasteiger partial charge in [-0.1, -0.05) is 39.0 Å². The van der Waals surface area contributed by atoms with E-state index >= 15 is 0 Å². The number of anilines is 1. The number of hydrogen-bond acceptors (Lipinski definition) is 4. The summed E-state index contributed by atoms with van der Waals surface area (Å²) in [5.41, 5.74) is 2.92. The molecule has 1 atom stereocenters. The summed E-state index contributed by atoms with van der Waals surface area (Å²) in [4.78, 5) is 27.2. The van der Waals surface area contributed by atoms with E-state index in [4.69, 9.17) is 9.47 Å². The Labute approximate surface area is 191 Å². The number of carbonyl (C=O) groups is 2. The number of urea groups is 1. The predicted octanol–water partition coefficient (Wildman–Crippen LogP) is 4.11. The molecule has 0 aliphatic rings. The van der Waals surface area contributed by atoms with Gasteiger partial charge < -0.3 is 25.0 Å².